The van der Waals surface area contributed by atoms with Crippen LogP contribution in [0, 0.1) is 0 Å². The molecule has 0 spiro atoms. The number of hydrogen-bond acceptors (Lipinski definition) is 2. The molecule has 0 saturated carbocycles. The Bertz CT molecular complexity index is 667. The Kier molecular flexibility index (Phi) is 4.62. The molecule has 2 nitrogen and oxygen atoms in total. The van der Waals surface area contributed by atoms with Gasteiger partial charge in [0.2, 0.25) is 0 Å². The summed E-state index contributed by atoms with van der Waals surface area (Å²) in [6, 6.07) is 12.3. The zero-order valence-corrected chi connectivity index (χ0v) is 14.3. The fourth-order valence-corrected chi connectivity index (χ4v) is 3.79. The highest BCUT2D eigenvalue weighted by molar-refractivity contribution is 6.34. The Morgan fingerprint density at radius 3 is 2.50 bits per heavy atom. The molecular formula is C18H19Cl2NO. The Morgan fingerprint density at radius 1 is 1.14 bits per heavy atom. The van der Waals surface area contributed by atoms with Gasteiger partial charge in [-0.2, -0.15) is 0 Å². The first-order chi connectivity index (χ1) is 10.6. The number of rotatable bonds is 3. The molecule has 2 aromatic rings. The smallest absolute Gasteiger partial charge is 0.119 e. The van der Waals surface area contributed by atoms with Crippen molar-refractivity contribution in [2.45, 2.75) is 19.4 Å². The summed E-state index contributed by atoms with van der Waals surface area (Å²) >= 11 is 12.4. The van der Waals surface area contributed by atoms with Crippen molar-refractivity contribution in [1.82, 2.24) is 4.90 Å². The molecule has 4 heteroatoms. The van der Waals surface area contributed by atoms with Crippen molar-refractivity contribution in [3.63, 3.8) is 0 Å². The first-order valence-corrected chi connectivity index (χ1v) is 8.25. The second-order valence-corrected chi connectivity index (χ2v) is 6.42. The van der Waals surface area contributed by atoms with Crippen LogP contribution in [-0.2, 0) is 6.42 Å². The van der Waals surface area contributed by atoms with Gasteiger partial charge in [0.05, 0.1) is 13.2 Å². The van der Waals surface area contributed by atoms with Crippen molar-refractivity contribution in [1.29, 1.82) is 0 Å². The molecule has 0 amide bonds. The normalized spacial score (nSPS) is 18.1. The standard InChI is InChI=1S/C18H19Cl2NO/c1-3-21-7-6-12-10-16(22-2)4-5-17(12)18(21)13-8-14(19)11-15(20)9-13/h4-5,8-11,18H,3,6-7H2,1-2H3. The fourth-order valence-electron chi connectivity index (χ4n) is 3.25. The molecule has 0 bridgehead atoms. The molecule has 1 aliphatic rings. The van der Waals surface area contributed by atoms with Crippen molar-refractivity contribution in [2.24, 2.45) is 0 Å². The number of ether oxygens (including phenoxy) is 1. The summed E-state index contributed by atoms with van der Waals surface area (Å²) in [6.45, 7) is 4.19. The molecule has 0 N–H and O–H groups in total. The fraction of sp³-hybridized carbons (Fsp3) is 0.333. The van der Waals surface area contributed by atoms with E-state index in [-0.39, 0.29) is 6.04 Å². The van der Waals surface area contributed by atoms with Gasteiger partial charge in [-0.15, -0.1) is 0 Å². The van der Waals surface area contributed by atoms with E-state index in [1.54, 1.807) is 13.2 Å². The van der Waals surface area contributed by atoms with E-state index in [9.17, 15) is 0 Å². The lowest BCUT2D eigenvalue weighted by Gasteiger charge is -2.37. The number of methoxy groups -OCH3 is 1. The lowest BCUT2D eigenvalue weighted by molar-refractivity contribution is 0.225. The molecule has 1 atom stereocenters. The number of halogens is 2. The third-order valence-electron chi connectivity index (χ3n) is 4.29. The topological polar surface area (TPSA) is 12.5 Å². The highest BCUT2D eigenvalue weighted by atomic mass is 35.5. The maximum Gasteiger partial charge on any atom is 0.119 e. The third kappa shape index (κ3) is 2.96. The molecule has 0 aliphatic carbocycles. The summed E-state index contributed by atoms with van der Waals surface area (Å²) in [5.74, 6) is 0.909. The first-order valence-electron chi connectivity index (χ1n) is 7.49. The van der Waals surface area contributed by atoms with Crippen LogP contribution in [0.1, 0.15) is 29.7 Å². The van der Waals surface area contributed by atoms with Gasteiger partial charge in [0.1, 0.15) is 5.75 Å². The monoisotopic (exact) mass is 335 g/mol. The van der Waals surface area contributed by atoms with E-state index in [1.807, 2.05) is 18.2 Å². The molecule has 3 rings (SSSR count). The highest BCUT2D eigenvalue weighted by Gasteiger charge is 2.28. The Labute approximate surface area is 141 Å². The van der Waals surface area contributed by atoms with Gasteiger partial charge in [-0.25, -0.2) is 0 Å². The van der Waals surface area contributed by atoms with Gasteiger partial charge in [0.15, 0.2) is 0 Å². The van der Waals surface area contributed by atoms with Crippen LogP contribution in [-0.4, -0.2) is 25.1 Å². The predicted octanol–water partition coefficient (Wildman–Crippen LogP) is 4.97. The van der Waals surface area contributed by atoms with Crippen molar-refractivity contribution < 1.29 is 4.74 Å². The largest absolute Gasteiger partial charge is 0.497 e. The van der Waals surface area contributed by atoms with Gasteiger partial charge in [-0.3, -0.25) is 4.90 Å². The second-order valence-electron chi connectivity index (χ2n) is 5.55. The van der Waals surface area contributed by atoms with E-state index >= 15 is 0 Å². The minimum atomic E-state index is 0.191. The summed E-state index contributed by atoms with van der Waals surface area (Å²) in [5, 5.41) is 1.36. The second kappa shape index (κ2) is 6.49. The van der Waals surface area contributed by atoms with Crippen LogP contribution in [0.3, 0.4) is 0 Å². The van der Waals surface area contributed by atoms with Crippen molar-refractivity contribution in [2.75, 3.05) is 20.2 Å². The van der Waals surface area contributed by atoms with Crippen LogP contribution in [0.4, 0.5) is 0 Å². The van der Waals surface area contributed by atoms with Gasteiger partial charge in [0.25, 0.3) is 0 Å². The number of fused-ring (bicyclic) bond motifs is 1. The van der Waals surface area contributed by atoms with Crippen LogP contribution in [0.15, 0.2) is 36.4 Å². The average molecular weight is 336 g/mol. The zero-order valence-electron chi connectivity index (χ0n) is 12.8. The van der Waals surface area contributed by atoms with Gasteiger partial charge < -0.3 is 4.74 Å². The van der Waals surface area contributed by atoms with E-state index < -0.39 is 0 Å². The molecule has 0 saturated heterocycles. The summed E-state index contributed by atoms with van der Waals surface area (Å²) in [7, 11) is 1.71. The molecule has 22 heavy (non-hydrogen) atoms. The van der Waals surface area contributed by atoms with Gasteiger partial charge >= 0.3 is 0 Å². The number of nitrogens with zero attached hydrogens (tertiary/aromatic N) is 1. The Hall–Kier alpha value is -1.22. The van der Waals surface area contributed by atoms with Crippen LogP contribution in [0.2, 0.25) is 10.0 Å². The van der Waals surface area contributed by atoms with E-state index in [0.29, 0.717) is 10.0 Å². The lowest BCUT2D eigenvalue weighted by atomic mass is 9.88. The number of hydrogen-bond donors (Lipinski definition) is 0. The minimum Gasteiger partial charge on any atom is -0.497 e. The lowest BCUT2D eigenvalue weighted by Crippen LogP contribution is -2.35. The Morgan fingerprint density at radius 2 is 1.86 bits per heavy atom. The molecule has 1 heterocycles. The maximum atomic E-state index is 6.21. The Balaban J connectivity index is 2.11. The van der Waals surface area contributed by atoms with Crippen LogP contribution in [0.25, 0.3) is 0 Å². The summed E-state index contributed by atoms with van der Waals surface area (Å²) in [6.07, 6.45) is 1.03. The predicted molar refractivity (Wildman–Crippen MR) is 92.3 cm³/mol. The van der Waals surface area contributed by atoms with E-state index in [0.717, 1.165) is 30.8 Å². The molecule has 2 aromatic carbocycles. The van der Waals surface area contributed by atoms with Crippen molar-refractivity contribution >= 4 is 23.2 Å². The molecule has 0 radical (unpaired) electrons. The quantitative estimate of drug-likeness (QED) is 0.785. The highest BCUT2D eigenvalue weighted by Crippen LogP contribution is 2.38. The van der Waals surface area contributed by atoms with E-state index in [4.69, 9.17) is 27.9 Å². The molecule has 1 aliphatic heterocycles. The molecular weight excluding hydrogens is 317 g/mol. The van der Waals surface area contributed by atoms with Gasteiger partial charge in [0, 0.05) is 16.6 Å². The molecule has 0 aromatic heterocycles. The molecule has 0 fully saturated rings. The first kappa shape index (κ1) is 15.7. The van der Waals surface area contributed by atoms with E-state index in [2.05, 4.69) is 24.0 Å². The van der Waals surface area contributed by atoms with Crippen LogP contribution in [0.5, 0.6) is 5.75 Å². The van der Waals surface area contributed by atoms with Crippen molar-refractivity contribution in [3.05, 3.63) is 63.1 Å². The van der Waals surface area contributed by atoms with Gasteiger partial charge in [-0.1, -0.05) is 36.2 Å². The number of benzene rings is 2. The van der Waals surface area contributed by atoms with Crippen LogP contribution < -0.4 is 4.74 Å². The summed E-state index contributed by atoms with van der Waals surface area (Å²) < 4.78 is 5.36. The van der Waals surface area contributed by atoms with Gasteiger partial charge in [-0.05, 0) is 60.0 Å². The maximum absolute atomic E-state index is 6.21. The summed E-state index contributed by atoms with van der Waals surface area (Å²) in [4.78, 5) is 2.46. The minimum absolute atomic E-state index is 0.191. The molecule has 1 unspecified atom stereocenters. The average Bonchev–Trinajstić information content (AvgIpc) is 2.52. The van der Waals surface area contributed by atoms with Crippen LogP contribution >= 0.6 is 23.2 Å². The third-order valence-corrected chi connectivity index (χ3v) is 4.72. The summed E-state index contributed by atoms with van der Waals surface area (Å²) in [5.41, 5.74) is 3.79. The molecule has 116 valence electrons. The zero-order chi connectivity index (χ0) is 15.7. The number of likely N-dealkylation sites (N-methyl/N-ethyl adjacent to an activating group) is 1. The van der Waals surface area contributed by atoms with Crippen molar-refractivity contribution in [3.8, 4) is 5.75 Å². The van der Waals surface area contributed by atoms with E-state index in [1.165, 1.54) is 11.1 Å². The SMILES string of the molecule is CCN1CCc2cc(OC)ccc2C1c1cc(Cl)cc(Cl)c1.